The fourth-order valence-corrected chi connectivity index (χ4v) is 2.92. The lowest BCUT2D eigenvalue weighted by Crippen LogP contribution is -2.02. The van der Waals surface area contributed by atoms with E-state index in [4.69, 9.17) is 4.98 Å². The molecule has 0 aromatic heterocycles. The lowest BCUT2D eigenvalue weighted by molar-refractivity contribution is 0.912. The number of hydrogen-bond donors (Lipinski definition) is 0. The van der Waals surface area contributed by atoms with Gasteiger partial charge in [-0.05, 0) is 30.0 Å². The van der Waals surface area contributed by atoms with E-state index in [-0.39, 0.29) is 0 Å². The molecule has 1 heteroatoms. The molecule has 4 rings (SSSR count). The van der Waals surface area contributed by atoms with E-state index in [0.29, 0.717) is 0 Å². The molecule has 86 valence electrons. The summed E-state index contributed by atoms with van der Waals surface area (Å²) in [5.41, 5.74) is 7.82. The molecule has 0 saturated heterocycles. The molecule has 0 amide bonds. The SMILES string of the molecule is c1ccc2nc3c(c-2cc1)-c1ccccc1CC3. The van der Waals surface area contributed by atoms with E-state index < -0.39 is 0 Å². The highest BCUT2D eigenvalue weighted by atomic mass is 14.7. The Labute approximate surface area is 106 Å². The van der Waals surface area contributed by atoms with E-state index in [1.807, 2.05) is 0 Å². The first kappa shape index (κ1) is 9.84. The molecule has 0 atom stereocenters. The van der Waals surface area contributed by atoms with Crippen LogP contribution in [0, 0.1) is 0 Å². The quantitative estimate of drug-likeness (QED) is 0.571. The molecule has 18 heavy (non-hydrogen) atoms. The average Bonchev–Trinajstić information content (AvgIpc) is 2.61. The van der Waals surface area contributed by atoms with Gasteiger partial charge >= 0.3 is 0 Å². The fraction of sp³-hybridized carbons (Fsp3) is 0.118. The largest absolute Gasteiger partial charge is 0.252 e. The van der Waals surface area contributed by atoms with Gasteiger partial charge in [0.05, 0.1) is 5.69 Å². The third-order valence-corrected chi connectivity index (χ3v) is 3.75. The van der Waals surface area contributed by atoms with Crippen LogP contribution in [0.2, 0.25) is 0 Å². The van der Waals surface area contributed by atoms with Gasteiger partial charge in [0.1, 0.15) is 0 Å². The highest BCUT2D eigenvalue weighted by Crippen LogP contribution is 2.41. The van der Waals surface area contributed by atoms with E-state index in [9.17, 15) is 0 Å². The Balaban J connectivity index is 2.08. The zero-order chi connectivity index (χ0) is 11.9. The molecule has 0 N–H and O–H groups in total. The van der Waals surface area contributed by atoms with Gasteiger partial charge in [-0.15, -0.1) is 0 Å². The standard InChI is InChI=1S/C17H13N/c1-2-8-14-15(9-3-1)18-16-11-10-12-6-4-5-7-13(12)17(14)16/h1-9H,10-11H2. The van der Waals surface area contributed by atoms with Gasteiger partial charge in [0.25, 0.3) is 0 Å². The van der Waals surface area contributed by atoms with Crippen molar-refractivity contribution in [3.05, 3.63) is 65.9 Å². The first-order valence-corrected chi connectivity index (χ1v) is 6.39. The highest BCUT2D eigenvalue weighted by molar-refractivity contribution is 5.88. The van der Waals surface area contributed by atoms with Gasteiger partial charge in [0.15, 0.2) is 0 Å². The van der Waals surface area contributed by atoms with Crippen LogP contribution >= 0.6 is 0 Å². The van der Waals surface area contributed by atoms with Crippen LogP contribution in [-0.2, 0) is 12.8 Å². The van der Waals surface area contributed by atoms with Gasteiger partial charge in [-0.3, -0.25) is 4.98 Å². The Morgan fingerprint density at radius 3 is 2.50 bits per heavy atom. The summed E-state index contributed by atoms with van der Waals surface area (Å²) in [6.45, 7) is 0. The Morgan fingerprint density at radius 2 is 1.50 bits per heavy atom. The summed E-state index contributed by atoms with van der Waals surface area (Å²) in [5, 5.41) is 0. The molecule has 3 aliphatic rings. The lowest BCUT2D eigenvalue weighted by atomic mass is 9.87. The van der Waals surface area contributed by atoms with E-state index in [0.717, 1.165) is 18.5 Å². The smallest absolute Gasteiger partial charge is 0.0712 e. The highest BCUT2D eigenvalue weighted by Gasteiger charge is 2.23. The van der Waals surface area contributed by atoms with E-state index in [2.05, 4.69) is 54.6 Å². The molecule has 1 heterocycles. The third-order valence-electron chi connectivity index (χ3n) is 3.75. The first-order chi connectivity index (χ1) is 8.93. The van der Waals surface area contributed by atoms with E-state index in [1.54, 1.807) is 0 Å². The number of fused-ring (bicyclic) bond motifs is 5. The van der Waals surface area contributed by atoms with E-state index in [1.165, 1.54) is 27.9 Å². The molecule has 1 aliphatic heterocycles. The van der Waals surface area contributed by atoms with Crippen LogP contribution in [0.25, 0.3) is 22.4 Å². The summed E-state index contributed by atoms with van der Waals surface area (Å²) >= 11 is 0. The molecule has 0 unspecified atom stereocenters. The van der Waals surface area contributed by atoms with Crippen LogP contribution in [0.3, 0.4) is 0 Å². The minimum Gasteiger partial charge on any atom is -0.252 e. The van der Waals surface area contributed by atoms with Crippen molar-refractivity contribution in [1.82, 2.24) is 4.98 Å². The van der Waals surface area contributed by atoms with Crippen molar-refractivity contribution in [2.45, 2.75) is 12.8 Å². The molecule has 1 nitrogen and oxygen atoms in total. The number of aromatic nitrogens is 1. The summed E-state index contributed by atoms with van der Waals surface area (Å²) < 4.78 is 0. The van der Waals surface area contributed by atoms with Gasteiger partial charge < -0.3 is 0 Å². The second-order valence-corrected chi connectivity index (χ2v) is 4.80. The van der Waals surface area contributed by atoms with Gasteiger partial charge in [-0.25, -0.2) is 0 Å². The third kappa shape index (κ3) is 1.31. The van der Waals surface area contributed by atoms with Gasteiger partial charge in [0.2, 0.25) is 0 Å². The van der Waals surface area contributed by atoms with Crippen molar-refractivity contribution in [2.24, 2.45) is 0 Å². The Hall–Kier alpha value is -2.15. The van der Waals surface area contributed by atoms with Crippen LogP contribution in [0.15, 0.2) is 54.6 Å². The average molecular weight is 231 g/mol. The summed E-state index contributed by atoms with van der Waals surface area (Å²) in [6, 6.07) is 19.2. The van der Waals surface area contributed by atoms with E-state index >= 15 is 0 Å². The van der Waals surface area contributed by atoms with Crippen LogP contribution in [0.1, 0.15) is 11.3 Å². The number of rotatable bonds is 0. The predicted molar refractivity (Wildman–Crippen MR) is 73.7 cm³/mol. The van der Waals surface area contributed by atoms with Crippen molar-refractivity contribution >= 4 is 0 Å². The minimum absolute atomic E-state index is 1.06. The van der Waals surface area contributed by atoms with Gasteiger partial charge in [0, 0.05) is 16.8 Å². The Kier molecular flexibility index (Phi) is 2.01. The van der Waals surface area contributed by atoms with Crippen molar-refractivity contribution in [1.29, 1.82) is 0 Å². The number of nitrogens with zero attached hydrogens (tertiary/aromatic N) is 1. The summed E-state index contributed by atoms with van der Waals surface area (Å²) in [4.78, 5) is 4.79. The lowest BCUT2D eigenvalue weighted by Gasteiger charge is -2.16. The van der Waals surface area contributed by atoms with Gasteiger partial charge in [-0.1, -0.05) is 48.5 Å². The summed E-state index contributed by atoms with van der Waals surface area (Å²) in [6.07, 6.45) is 2.17. The van der Waals surface area contributed by atoms with Crippen molar-refractivity contribution < 1.29 is 0 Å². The second kappa shape index (κ2) is 3.67. The second-order valence-electron chi connectivity index (χ2n) is 4.80. The Bertz CT molecular complexity index is 700. The van der Waals surface area contributed by atoms with Crippen molar-refractivity contribution in [2.75, 3.05) is 0 Å². The fourth-order valence-electron chi connectivity index (χ4n) is 2.92. The Morgan fingerprint density at radius 1 is 0.722 bits per heavy atom. The van der Waals surface area contributed by atoms with Crippen LogP contribution in [0.5, 0.6) is 0 Å². The molecule has 0 fully saturated rings. The molecular weight excluding hydrogens is 218 g/mol. The number of aryl methyl sites for hydroxylation is 2. The maximum atomic E-state index is 4.79. The molecule has 1 aromatic rings. The van der Waals surface area contributed by atoms with Crippen LogP contribution in [0.4, 0.5) is 0 Å². The minimum atomic E-state index is 1.06. The summed E-state index contributed by atoms with van der Waals surface area (Å²) in [5.74, 6) is 0. The maximum absolute atomic E-state index is 4.79. The molecular formula is C17H13N. The van der Waals surface area contributed by atoms with Crippen LogP contribution in [-0.4, -0.2) is 4.98 Å². The zero-order valence-electron chi connectivity index (χ0n) is 10.1. The van der Waals surface area contributed by atoms with Crippen LogP contribution < -0.4 is 0 Å². The monoisotopic (exact) mass is 231 g/mol. The van der Waals surface area contributed by atoms with Gasteiger partial charge in [-0.2, -0.15) is 0 Å². The number of benzene rings is 1. The molecule has 0 spiro atoms. The normalized spacial score (nSPS) is 13.1. The molecule has 0 radical (unpaired) electrons. The topological polar surface area (TPSA) is 12.9 Å². The molecule has 0 saturated carbocycles. The molecule has 1 aromatic carbocycles. The molecule has 0 bridgehead atoms. The maximum Gasteiger partial charge on any atom is 0.0712 e. The zero-order valence-corrected chi connectivity index (χ0v) is 10.1. The first-order valence-electron chi connectivity index (χ1n) is 6.39. The molecule has 2 aliphatic carbocycles. The predicted octanol–water partition coefficient (Wildman–Crippen LogP) is 3.95. The summed E-state index contributed by atoms with van der Waals surface area (Å²) in [7, 11) is 0. The number of hydrogen-bond acceptors (Lipinski definition) is 1. The van der Waals surface area contributed by atoms with Crippen molar-refractivity contribution in [3.8, 4) is 22.4 Å². The van der Waals surface area contributed by atoms with Crippen molar-refractivity contribution in [3.63, 3.8) is 0 Å².